The van der Waals surface area contributed by atoms with Gasteiger partial charge in [0.1, 0.15) is 0 Å². The third kappa shape index (κ3) is 3.81. The van der Waals surface area contributed by atoms with E-state index < -0.39 is 0 Å². The third-order valence-corrected chi connectivity index (χ3v) is 1.27. The number of hydrogen-bond donors (Lipinski definition) is 1. The molecule has 0 bridgehead atoms. The molecule has 0 unspecified atom stereocenters. The Bertz CT molecular complexity index is 239. The summed E-state index contributed by atoms with van der Waals surface area (Å²) in [6.45, 7) is 5.99. The van der Waals surface area contributed by atoms with E-state index in [0.29, 0.717) is 0 Å². The number of rotatable bonds is 1. The van der Waals surface area contributed by atoms with Gasteiger partial charge in [0.25, 0.3) is 0 Å². The number of nitrogens with two attached hydrogens (primary N) is 1. The number of hydrogen-bond acceptors (Lipinski definition) is 1. The molecule has 0 radical (unpaired) electrons. The Morgan fingerprint density at radius 2 is 1.92 bits per heavy atom. The van der Waals surface area contributed by atoms with Crippen LogP contribution in [0.25, 0.3) is 6.08 Å². The molecular weight excluding hydrogens is 146 g/mol. The Morgan fingerprint density at radius 3 is 2.42 bits per heavy atom. The van der Waals surface area contributed by atoms with E-state index in [9.17, 15) is 0 Å². The number of nitrogen functional groups attached to an aromatic ring is 1. The normalized spacial score (nSPS) is 9.25. The summed E-state index contributed by atoms with van der Waals surface area (Å²) >= 11 is 0. The molecule has 0 atom stereocenters. The monoisotopic (exact) mass is 163 g/mol. The Labute approximate surface area is 74.9 Å². The van der Waals surface area contributed by atoms with Gasteiger partial charge in [-0.1, -0.05) is 38.1 Å². The standard InChI is InChI=1S/C9H11N.C2H6/c1-2-4-8-5-3-6-9(10)7-8;1-2/h2-7H,10H2,1H3;1-2H3/b4-2+;. The fourth-order valence-electron chi connectivity index (χ4n) is 0.855. The lowest BCUT2D eigenvalue weighted by atomic mass is 10.2. The molecule has 0 aliphatic carbocycles. The maximum Gasteiger partial charge on any atom is 0.0319 e. The lowest BCUT2D eigenvalue weighted by Crippen LogP contribution is -1.83. The molecule has 1 nitrogen and oxygen atoms in total. The van der Waals surface area contributed by atoms with E-state index in [-0.39, 0.29) is 0 Å². The van der Waals surface area contributed by atoms with Gasteiger partial charge in [0, 0.05) is 5.69 Å². The Kier molecular flexibility index (Phi) is 5.80. The van der Waals surface area contributed by atoms with Crippen LogP contribution in [0, 0.1) is 0 Å². The summed E-state index contributed by atoms with van der Waals surface area (Å²) < 4.78 is 0. The van der Waals surface area contributed by atoms with Gasteiger partial charge in [-0.05, 0) is 24.6 Å². The lowest BCUT2D eigenvalue weighted by molar-refractivity contribution is 1.50. The van der Waals surface area contributed by atoms with Gasteiger partial charge >= 0.3 is 0 Å². The number of benzene rings is 1. The predicted molar refractivity (Wildman–Crippen MR) is 56.9 cm³/mol. The Hall–Kier alpha value is -1.24. The molecular formula is C11H17N. The fourth-order valence-corrected chi connectivity index (χ4v) is 0.855. The average molecular weight is 163 g/mol. The van der Waals surface area contributed by atoms with Gasteiger partial charge in [0.15, 0.2) is 0 Å². The minimum absolute atomic E-state index is 0.815. The first-order valence-electron chi connectivity index (χ1n) is 4.31. The van der Waals surface area contributed by atoms with Crippen LogP contribution in [0.15, 0.2) is 30.3 Å². The van der Waals surface area contributed by atoms with E-state index in [2.05, 4.69) is 0 Å². The van der Waals surface area contributed by atoms with Crippen LogP contribution in [0.1, 0.15) is 26.3 Å². The van der Waals surface area contributed by atoms with Crippen molar-refractivity contribution in [2.24, 2.45) is 0 Å². The van der Waals surface area contributed by atoms with Gasteiger partial charge in [0.2, 0.25) is 0 Å². The average Bonchev–Trinajstić information content (AvgIpc) is 2.09. The zero-order valence-corrected chi connectivity index (χ0v) is 8.04. The summed E-state index contributed by atoms with van der Waals surface area (Å²) in [5, 5.41) is 0. The van der Waals surface area contributed by atoms with E-state index in [1.807, 2.05) is 57.2 Å². The van der Waals surface area contributed by atoms with Crippen LogP contribution in [-0.2, 0) is 0 Å². The lowest BCUT2D eigenvalue weighted by Gasteiger charge is -1.93. The smallest absolute Gasteiger partial charge is 0.0319 e. The van der Waals surface area contributed by atoms with Gasteiger partial charge in [-0.2, -0.15) is 0 Å². The van der Waals surface area contributed by atoms with Crippen molar-refractivity contribution in [1.29, 1.82) is 0 Å². The van der Waals surface area contributed by atoms with E-state index in [4.69, 9.17) is 5.73 Å². The zero-order valence-electron chi connectivity index (χ0n) is 8.04. The summed E-state index contributed by atoms with van der Waals surface area (Å²) in [5.74, 6) is 0. The summed E-state index contributed by atoms with van der Waals surface area (Å²) in [4.78, 5) is 0. The van der Waals surface area contributed by atoms with Crippen LogP contribution in [0.4, 0.5) is 5.69 Å². The molecule has 1 aromatic rings. The molecule has 66 valence electrons. The third-order valence-electron chi connectivity index (χ3n) is 1.27. The van der Waals surface area contributed by atoms with Gasteiger partial charge in [0.05, 0.1) is 0 Å². The second kappa shape index (κ2) is 6.47. The molecule has 0 fully saturated rings. The Balaban J connectivity index is 0.000000561. The van der Waals surface area contributed by atoms with Crippen molar-refractivity contribution < 1.29 is 0 Å². The van der Waals surface area contributed by atoms with E-state index in [1.54, 1.807) is 0 Å². The van der Waals surface area contributed by atoms with Crippen molar-refractivity contribution in [3.63, 3.8) is 0 Å². The van der Waals surface area contributed by atoms with Crippen LogP contribution >= 0.6 is 0 Å². The quantitative estimate of drug-likeness (QED) is 0.631. The minimum atomic E-state index is 0.815. The summed E-state index contributed by atoms with van der Waals surface area (Å²) in [7, 11) is 0. The molecule has 0 amide bonds. The first-order valence-corrected chi connectivity index (χ1v) is 4.31. The molecule has 0 aromatic heterocycles. The maximum absolute atomic E-state index is 5.55. The molecule has 1 rings (SSSR count). The highest BCUT2D eigenvalue weighted by molar-refractivity contribution is 5.55. The highest BCUT2D eigenvalue weighted by Gasteiger charge is 1.84. The molecule has 0 saturated heterocycles. The summed E-state index contributed by atoms with van der Waals surface area (Å²) in [6, 6.07) is 7.80. The molecule has 2 N–H and O–H groups in total. The van der Waals surface area contributed by atoms with Crippen LogP contribution in [-0.4, -0.2) is 0 Å². The maximum atomic E-state index is 5.55. The summed E-state index contributed by atoms with van der Waals surface area (Å²) in [6.07, 6.45) is 4.02. The Morgan fingerprint density at radius 1 is 1.25 bits per heavy atom. The zero-order chi connectivity index (χ0) is 9.40. The number of allylic oxidation sites excluding steroid dienone is 1. The van der Waals surface area contributed by atoms with Gasteiger partial charge < -0.3 is 5.73 Å². The van der Waals surface area contributed by atoms with Crippen molar-refractivity contribution in [2.45, 2.75) is 20.8 Å². The van der Waals surface area contributed by atoms with Crippen LogP contribution in [0.5, 0.6) is 0 Å². The van der Waals surface area contributed by atoms with Crippen LogP contribution in [0.3, 0.4) is 0 Å². The van der Waals surface area contributed by atoms with E-state index >= 15 is 0 Å². The van der Waals surface area contributed by atoms with Gasteiger partial charge in [-0.3, -0.25) is 0 Å². The van der Waals surface area contributed by atoms with E-state index in [0.717, 1.165) is 11.3 Å². The fraction of sp³-hybridized carbons (Fsp3) is 0.273. The summed E-state index contributed by atoms with van der Waals surface area (Å²) in [5.41, 5.74) is 7.53. The largest absolute Gasteiger partial charge is 0.399 e. The van der Waals surface area contributed by atoms with Crippen molar-refractivity contribution >= 4 is 11.8 Å². The topological polar surface area (TPSA) is 26.0 Å². The molecule has 0 heterocycles. The number of anilines is 1. The molecule has 1 heteroatoms. The molecule has 12 heavy (non-hydrogen) atoms. The highest BCUT2D eigenvalue weighted by Crippen LogP contribution is 2.07. The van der Waals surface area contributed by atoms with Gasteiger partial charge in [-0.15, -0.1) is 0 Å². The first kappa shape index (κ1) is 10.8. The van der Waals surface area contributed by atoms with Crippen LogP contribution < -0.4 is 5.73 Å². The van der Waals surface area contributed by atoms with E-state index in [1.165, 1.54) is 0 Å². The molecule has 1 aromatic carbocycles. The molecule has 0 saturated carbocycles. The van der Waals surface area contributed by atoms with Gasteiger partial charge in [-0.25, -0.2) is 0 Å². The highest BCUT2D eigenvalue weighted by atomic mass is 14.5. The van der Waals surface area contributed by atoms with Crippen LogP contribution in [0.2, 0.25) is 0 Å². The molecule has 0 spiro atoms. The second-order valence-corrected chi connectivity index (χ2v) is 2.17. The van der Waals surface area contributed by atoms with Crippen molar-refractivity contribution in [3.8, 4) is 0 Å². The molecule has 0 aliphatic rings. The van der Waals surface area contributed by atoms with Crippen molar-refractivity contribution in [3.05, 3.63) is 35.9 Å². The molecule has 0 aliphatic heterocycles. The minimum Gasteiger partial charge on any atom is -0.399 e. The first-order chi connectivity index (χ1) is 5.83. The van der Waals surface area contributed by atoms with Crippen molar-refractivity contribution in [2.75, 3.05) is 5.73 Å². The predicted octanol–water partition coefficient (Wildman–Crippen LogP) is 3.33. The SMILES string of the molecule is C/C=C/c1cccc(N)c1.CC. The second-order valence-electron chi connectivity index (χ2n) is 2.17. The van der Waals surface area contributed by atoms with Crippen molar-refractivity contribution in [1.82, 2.24) is 0 Å².